The van der Waals surface area contributed by atoms with Gasteiger partial charge in [-0.15, -0.1) is 11.8 Å². The van der Waals surface area contributed by atoms with Crippen molar-refractivity contribution in [1.82, 2.24) is 14.5 Å². The van der Waals surface area contributed by atoms with Gasteiger partial charge in [-0.3, -0.25) is 14.2 Å². The molecule has 1 aliphatic rings. The first kappa shape index (κ1) is 16.1. The van der Waals surface area contributed by atoms with E-state index in [1.165, 1.54) is 17.0 Å². The van der Waals surface area contributed by atoms with Crippen LogP contribution in [-0.2, 0) is 11.3 Å². The fourth-order valence-electron chi connectivity index (χ4n) is 2.53. The monoisotopic (exact) mass is 349 g/mol. The van der Waals surface area contributed by atoms with Crippen LogP contribution in [0.3, 0.4) is 0 Å². The summed E-state index contributed by atoms with van der Waals surface area (Å²) in [4.78, 5) is 30.4. The quantitative estimate of drug-likeness (QED) is 0.854. The van der Waals surface area contributed by atoms with Crippen LogP contribution < -0.4 is 5.56 Å². The van der Waals surface area contributed by atoms with E-state index in [0.717, 1.165) is 11.3 Å². The molecule has 2 heterocycles. The fraction of sp³-hybridized carbons (Fsp3) is 0.312. The van der Waals surface area contributed by atoms with Gasteiger partial charge in [-0.2, -0.15) is 0 Å². The smallest absolute Gasteiger partial charge is 0.253 e. The summed E-state index contributed by atoms with van der Waals surface area (Å²) in [5.41, 5.74) is 1.44. The van der Waals surface area contributed by atoms with E-state index in [0.29, 0.717) is 17.3 Å². The second kappa shape index (κ2) is 6.76. The van der Waals surface area contributed by atoms with E-state index in [1.54, 1.807) is 23.6 Å². The predicted octanol–water partition coefficient (Wildman–Crippen LogP) is 2.48. The highest BCUT2D eigenvalue weighted by atomic mass is 35.5. The van der Waals surface area contributed by atoms with Crippen molar-refractivity contribution < 1.29 is 4.79 Å². The number of aryl methyl sites for hydroxylation is 1. The van der Waals surface area contributed by atoms with Gasteiger partial charge in [0.15, 0.2) is 0 Å². The molecule has 1 amide bonds. The summed E-state index contributed by atoms with van der Waals surface area (Å²) in [6.45, 7) is 2.41. The fourth-order valence-corrected chi connectivity index (χ4v) is 4.00. The molecule has 1 atom stereocenters. The van der Waals surface area contributed by atoms with E-state index in [-0.39, 0.29) is 23.4 Å². The Morgan fingerprint density at radius 3 is 3.00 bits per heavy atom. The lowest BCUT2D eigenvalue weighted by atomic mass is 10.2. The Bertz CT molecular complexity index is 793. The zero-order valence-corrected chi connectivity index (χ0v) is 14.2. The maximum Gasteiger partial charge on any atom is 0.253 e. The van der Waals surface area contributed by atoms with Gasteiger partial charge in [0.2, 0.25) is 5.91 Å². The Hall–Kier alpha value is -1.79. The third-order valence-corrected chi connectivity index (χ3v) is 5.16. The lowest BCUT2D eigenvalue weighted by Crippen LogP contribution is -2.36. The van der Waals surface area contributed by atoms with Gasteiger partial charge in [0.25, 0.3) is 5.56 Å². The molecule has 1 saturated heterocycles. The number of halogens is 1. The summed E-state index contributed by atoms with van der Waals surface area (Å²) >= 11 is 7.75. The molecule has 0 bridgehead atoms. The molecule has 0 saturated carbocycles. The van der Waals surface area contributed by atoms with Gasteiger partial charge in [0, 0.05) is 29.1 Å². The molecule has 0 spiro atoms. The van der Waals surface area contributed by atoms with Crippen LogP contribution >= 0.6 is 23.4 Å². The molecule has 1 aromatic heterocycles. The van der Waals surface area contributed by atoms with Gasteiger partial charge in [0.05, 0.1) is 6.33 Å². The third kappa shape index (κ3) is 3.59. The molecule has 2 aromatic rings. The molecular weight excluding hydrogens is 334 g/mol. The molecule has 0 N–H and O–H groups in total. The van der Waals surface area contributed by atoms with Crippen molar-refractivity contribution >= 4 is 29.3 Å². The number of amides is 1. The molecule has 1 aromatic carbocycles. The number of nitrogens with zero attached hydrogens (tertiary/aromatic N) is 3. The van der Waals surface area contributed by atoms with Crippen molar-refractivity contribution in [3.63, 3.8) is 0 Å². The second-order valence-corrected chi connectivity index (χ2v) is 6.99. The molecule has 0 aliphatic carbocycles. The zero-order valence-electron chi connectivity index (χ0n) is 12.6. The number of aromatic nitrogens is 2. The molecule has 1 unspecified atom stereocenters. The number of benzene rings is 1. The van der Waals surface area contributed by atoms with Crippen molar-refractivity contribution in [2.24, 2.45) is 0 Å². The first-order valence-corrected chi connectivity index (χ1v) is 8.67. The predicted molar refractivity (Wildman–Crippen MR) is 91.6 cm³/mol. The van der Waals surface area contributed by atoms with Gasteiger partial charge >= 0.3 is 0 Å². The maximum absolute atomic E-state index is 12.6. The van der Waals surface area contributed by atoms with E-state index >= 15 is 0 Å². The second-order valence-electron chi connectivity index (χ2n) is 5.36. The third-order valence-electron chi connectivity index (χ3n) is 3.67. The number of thioether (sulfide) groups is 1. The largest absolute Gasteiger partial charge is 0.324 e. The minimum absolute atomic E-state index is 0.00371. The highest BCUT2D eigenvalue weighted by Crippen LogP contribution is 2.38. The lowest BCUT2D eigenvalue weighted by molar-refractivity contribution is -0.132. The Labute approximate surface area is 143 Å². The van der Waals surface area contributed by atoms with Crippen LogP contribution in [0.25, 0.3) is 0 Å². The Kier molecular flexibility index (Phi) is 4.73. The number of hydrogen-bond acceptors (Lipinski definition) is 4. The average Bonchev–Trinajstić information content (AvgIpc) is 2.99. The topological polar surface area (TPSA) is 55.2 Å². The summed E-state index contributed by atoms with van der Waals surface area (Å²) in [7, 11) is 0. The van der Waals surface area contributed by atoms with Gasteiger partial charge in [-0.05, 0) is 24.6 Å². The summed E-state index contributed by atoms with van der Waals surface area (Å²) in [6.07, 6.45) is 1.42. The van der Waals surface area contributed by atoms with Crippen molar-refractivity contribution in [3.05, 3.63) is 63.3 Å². The molecular formula is C16H16ClN3O2S. The number of hydrogen-bond donors (Lipinski definition) is 0. The summed E-state index contributed by atoms with van der Waals surface area (Å²) in [5.74, 6) is 0.775. The van der Waals surface area contributed by atoms with E-state index in [2.05, 4.69) is 4.98 Å². The summed E-state index contributed by atoms with van der Waals surface area (Å²) in [5, 5.41) is 0.594. The average molecular weight is 350 g/mol. The number of carbonyl (C=O) groups excluding carboxylic acids is 1. The van der Waals surface area contributed by atoms with E-state index < -0.39 is 0 Å². The van der Waals surface area contributed by atoms with Crippen LogP contribution in [0.5, 0.6) is 0 Å². The molecule has 5 nitrogen and oxygen atoms in total. The zero-order chi connectivity index (χ0) is 16.4. The summed E-state index contributed by atoms with van der Waals surface area (Å²) in [6, 6.07) is 8.97. The Balaban J connectivity index is 1.79. The molecule has 120 valence electrons. The van der Waals surface area contributed by atoms with E-state index in [4.69, 9.17) is 11.6 Å². The van der Waals surface area contributed by atoms with Crippen LogP contribution in [0, 0.1) is 6.92 Å². The van der Waals surface area contributed by atoms with Crippen molar-refractivity contribution in [2.75, 3.05) is 12.3 Å². The first-order chi connectivity index (χ1) is 11.0. The molecule has 1 aliphatic heterocycles. The van der Waals surface area contributed by atoms with Gasteiger partial charge in [-0.25, -0.2) is 4.98 Å². The first-order valence-electron chi connectivity index (χ1n) is 7.24. The van der Waals surface area contributed by atoms with Crippen LogP contribution in [0.2, 0.25) is 5.02 Å². The van der Waals surface area contributed by atoms with E-state index in [9.17, 15) is 9.59 Å². The number of rotatable bonds is 3. The van der Waals surface area contributed by atoms with Gasteiger partial charge in [-0.1, -0.05) is 23.7 Å². The van der Waals surface area contributed by atoms with Crippen LogP contribution in [0.1, 0.15) is 16.6 Å². The molecule has 7 heteroatoms. The maximum atomic E-state index is 12.6. The van der Waals surface area contributed by atoms with Crippen LogP contribution in [0.15, 0.2) is 41.5 Å². The lowest BCUT2D eigenvalue weighted by Gasteiger charge is -2.24. The Morgan fingerprint density at radius 2 is 2.26 bits per heavy atom. The van der Waals surface area contributed by atoms with Crippen molar-refractivity contribution in [1.29, 1.82) is 0 Å². The number of carbonyl (C=O) groups is 1. The molecule has 0 radical (unpaired) electrons. The molecule has 1 fully saturated rings. The SMILES string of the molecule is Cc1cc(=O)n(CC(=O)N2CCSC2c2cccc(Cl)c2)cn1. The normalized spacial score (nSPS) is 17.5. The highest BCUT2D eigenvalue weighted by molar-refractivity contribution is 7.99. The standard InChI is InChI=1S/C16H16ClN3O2S/c1-11-7-14(21)19(10-18-11)9-15(22)20-5-6-23-16(20)12-3-2-4-13(17)8-12/h2-4,7-8,10,16H,5-6,9H2,1H3. The minimum Gasteiger partial charge on any atom is -0.324 e. The van der Waals surface area contributed by atoms with Gasteiger partial charge < -0.3 is 4.90 Å². The van der Waals surface area contributed by atoms with E-state index in [1.807, 2.05) is 24.3 Å². The molecule has 23 heavy (non-hydrogen) atoms. The van der Waals surface area contributed by atoms with Crippen LogP contribution in [0.4, 0.5) is 0 Å². The highest BCUT2D eigenvalue weighted by Gasteiger charge is 2.30. The van der Waals surface area contributed by atoms with Crippen molar-refractivity contribution in [3.8, 4) is 0 Å². The minimum atomic E-state index is -0.211. The Morgan fingerprint density at radius 1 is 1.43 bits per heavy atom. The van der Waals surface area contributed by atoms with Crippen molar-refractivity contribution in [2.45, 2.75) is 18.8 Å². The van der Waals surface area contributed by atoms with Gasteiger partial charge in [0.1, 0.15) is 11.9 Å². The summed E-state index contributed by atoms with van der Waals surface area (Å²) < 4.78 is 1.34. The molecule has 3 rings (SSSR count). The van der Waals surface area contributed by atoms with Crippen LogP contribution in [-0.4, -0.2) is 32.7 Å².